The first-order valence-electron chi connectivity index (χ1n) is 9.41. The molecule has 12 heteroatoms. The standard InChI is InChI=1S/C18H23F3N4O3S2/c1-3-15-12(2)23-17(28-15)29-10-13-8-14(25-4-6-30(26,27)7-5-25)9-16(24-13)22-11-18(19,20)21/h8-9H,3-7,10-11H2,1-2H3,(H,22,24). The third kappa shape index (κ3) is 6.27. The topological polar surface area (TPSA) is 88.3 Å². The van der Waals surface area contributed by atoms with E-state index in [1.54, 1.807) is 6.07 Å². The fraction of sp³-hybridized carbons (Fsp3) is 0.556. The number of alkyl halides is 3. The van der Waals surface area contributed by atoms with Crippen molar-refractivity contribution in [3.05, 3.63) is 29.3 Å². The highest BCUT2D eigenvalue weighted by atomic mass is 32.2. The van der Waals surface area contributed by atoms with E-state index >= 15 is 0 Å². The zero-order chi connectivity index (χ0) is 21.9. The maximum Gasteiger partial charge on any atom is 0.405 e. The molecule has 166 valence electrons. The van der Waals surface area contributed by atoms with Gasteiger partial charge in [-0.2, -0.15) is 13.2 Å². The summed E-state index contributed by atoms with van der Waals surface area (Å²) in [7, 11) is -3.07. The van der Waals surface area contributed by atoms with Crippen molar-refractivity contribution in [2.24, 2.45) is 0 Å². The highest BCUT2D eigenvalue weighted by molar-refractivity contribution is 7.98. The van der Waals surface area contributed by atoms with Gasteiger partial charge in [0.2, 0.25) is 0 Å². The van der Waals surface area contributed by atoms with Crippen LogP contribution in [0.4, 0.5) is 24.7 Å². The van der Waals surface area contributed by atoms with Gasteiger partial charge < -0.3 is 14.6 Å². The molecular weight excluding hydrogens is 441 g/mol. The second-order valence-electron chi connectivity index (χ2n) is 6.94. The molecule has 0 bridgehead atoms. The van der Waals surface area contributed by atoms with Gasteiger partial charge in [-0.3, -0.25) is 0 Å². The number of nitrogens with one attached hydrogen (secondary N) is 1. The highest BCUT2D eigenvalue weighted by Gasteiger charge is 2.27. The molecule has 2 aromatic rings. The van der Waals surface area contributed by atoms with Crippen LogP contribution < -0.4 is 10.2 Å². The van der Waals surface area contributed by atoms with Crippen LogP contribution in [0, 0.1) is 6.92 Å². The fourth-order valence-electron chi connectivity index (χ4n) is 3.01. The van der Waals surface area contributed by atoms with E-state index in [-0.39, 0.29) is 30.4 Å². The lowest BCUT2D eigenvalue weighted by Crippen LogP contribution is -2.40. The van der Waals surface area contributed by atoms with Gasteiger partial charge in [-0.25, -0.2) is 18.4 Å². The molecule has 1 fully saturated rings. The Morgan fingerprint density at radius 3 is 2.53 bits per heavy atom. The Morgan fingerprint density at radius 1 is 1.23 bits per heavy atom. The van der Waals surface area contributed by atoms with Gasteiger partial charge in [0.15, 0.2) is 9.84 Å². The van der Waals surface area contributed by atoms with Gasteiger partial charge in [0.1, 0.15) is 18.1 Å². The largest absolute Gasteiger partial charge is 0.436 e. The van der Waals surface area contributed by atoms with Gasteiger partial charge >= 0.3 is 6.18 Å². The van der Waals surface area contributed by atoms with E-state index in [1.165, 1.54) is 17.8 Å². The minimum Gasteiger partial charge on any atom is -0.436 e. The lowest BCUT2D eigenvalue weighted by Gasteiger charge is -2.29. The van der Waals surface area contributed by atoms with Crippen molar-refractivity contribution in [1.29, 1.82) is 0 Å². The molecule has 0 atom stereocenters. The van der Waals surface area contributed by atoms with E-state index in [0.717, 1.165) is 17.9 Å². The van der Waals surface area contributed by atoms with Crippen LogP contribution >= 0.6 is 11.8 Å². The number of aromatic nitrogens is 2. The van der Waals surface area contributed by atoms with Gasteiger partial charge in [-0.1, -0.05) is 18.7 Å². The normalized spacial score (nSPS) is 16.6. The Bertz CT molecular complexity index is 979. The van der Waals surface area contributed by atoms with E-state index in [9.17, 15) is 21.6 Å². The third-order valence-electron chi connectivity index (χ3n) is 4.58. The summed E-state index contributed by atoms with van der Waals surface area (Å²) < 4.78 is 66.9. The molecule has 0 radical (unpaired) electrons. The second kappa shape index (κ2) is 9.04. The van der Waals surface area contributed by atoms with Crippen LogP contribution in [0.15, 0.2) is 21.8 Å². The number of anilines is 2. The van der Waals surface area contributed by atoms with Gasteiger partial charge in [0.25, 0.3) is 5.22 Å². The first kappa shape index (κ1) is 22.7. The summed E-state index contributed by atoms with van der Waals surface area (Å²) in [6, 6.07) is 3.28. The minimum absolute atomic E-state index is 0.0140. The molecule has 3 rings (SSSR count). The molecule has 0 unspecified atom stereocenters. The van der Waals surface area contributed by atoms with Crippen molar-refractivity contribution in [1.82, 2.24) is 9.97 Å². The van der Waals surface area contributed by atoms with Crippen molar-refractivity contribution >= 4 is 33.1 Å². The van der Waals surface area contributed by atoms with Crippen LogP contribution in [0.5, 0.6) is 0 Å². The lowest BCUT2D eigenvalue weighted by molar-refractivity contribution is -0.115. The molecule has 0 amide bonds. The first-order chi connectivity index (χ1) is 14.0. The molecular formula is C18H23F3N4O3S2. The predicted octanol–water partition coefficient (Wildman–Crippen LogP) is 3.44. The van der Waals surface area contributed by atoms with Gasteiger partial charge in [0.05, 0.1) is 22.9 Å². The second-order valence-corrected chi connectivity index (χ2v) is 10.2. The van der Waals surface area contributed by atoms with Gasteiger partial charge in [-0.15, -0.1) is 0 Å². The Hall–Kier alpha value is -1.95. The summed E-state index contributed by atoms with van der Waals surface area (Å²) in [5, 5.41) is 2.79. The smallest absolute Gasteiger partial charge is 0.405 e. The number of rotatable bonds is 7. The van der Waals surface area contributed by atoms with Crippen molar-refractivity contribution in [3.63, 3.8) is 0 Å². The third-order valence-corrected chi connectivity index (χ3v) is 7.05. The zero-order valence-corrected chi connectivity index (χ0v) is 18.3. The Morgan fingerprint density at radius 2 is 1.93 bits per heavy atom. The molecule has 1 N–H and O–H groups in total. The maximum atomic E-state index is 12.6. The molecule has 7 nitrogen and oxygen atoms in total. The van der Waals surface area contributed by atoms with Gasteiger partial charge in [0, 0.05) is 37.0 Å². The number of pyridine rings is 1. The van der Waals surface area contributed by atoms with Crippen molar-refractivity contribution < 1.29 is 26.0 Å². The molecule has 1 aliphatic rings. The van der Waals surface area contributed by atoms with Crippen LogP contribution in [-0.4, -0.2) is 55.7 Å². The van der Waals surface area contributed by atoms with Crippen LogP contribution in [0.1, 0.15) is 24.1 Å². The van der Waals surface area contributed by atoms with Crippen molar-refractivity contribution in [3.8, 4) is 0 Å². The Kier molecular flexibility index (Phi) is 6.85. The molecule has 1 saturated heterocycles. The van der Waals surface area contributed by atoms with Crippen LogP contribution in [0.2, 0.25) is 0 Å². The number of thioether (sulfide) groups is 1. The molecule has 1 aliphatic heterocycles. The number of sulfone groups is 1. The summed E-state index contributed by atoms with van der Waals surface area (Å²) in [4.78, 5) is 10.5. The van der Waals surface area contributed by atoms with Crippen LogP contribution in [0.25, 0.3) is 0 Å². The van der Waals surface area contributed by atoms with Gasteiger partial charge in [-0.05, 0) is 13.0 Å². The number of hydrogen-bond donors (Lipinski definition) is 1. The van der Waals surface area contributed by atoms with E-state index < -0.39 is 22.6 Å². The zero-order valence-electron chi connectivity index (χ0n) is 16.6. The number of halogens is 3. The van der Waals surface area contributed by atoms with E-state index in [2.05, 4.69) is 15.3 Å². The average Bonchev–Trinajstić information content (AvgIpc) is 3.04. The quantitative estimate of drug-likeness (QED) is 0.624. The monoisotopic (exact) mass is 464 g/mol. The molecule has 0 saturated carbocycles. The van der Waals surface area contributed by atoms with E-state index in [1.807, 2.05) is 18.7 Å². The van der Waals surface area contributed by atoms with Crippen molar-refractivity contribution in [2.45, 2.75) is 37.4 Å². The predicted molar refractivity (Wildman–Crippen MR) is 110 cm³/mol. The highest BCUT2D eigenvalue weighted by Crippen LogP contribution is 2.28. The van der Waals surface area contributed by atoms with Crippen LogP contribution in [0.3, 0.4) is 0 Å². The van der Waals surface area contributed by atoms with Crippen LogP contribution in [-0.2, 0) is 22.0 Å². The number of aryl methyl sites for hydroxylation is 2. The Balaban J connectivity index is 1.79. The molecule has 0 aromatic carbocycles. The lowest BCUT2D eigenvalue weighted by atomic mass is 10.2. The summed E-state index contributed by atoms with van der Waals surface area (Å²) in [5.74, 6) is 1.26. The van der Waals surface area contributed by atoms with Crippen molar-refractivity contribution in [2.75, 3.05) is 41.4 Å². The molecule has 0 aliphatic carbocycles. The maximum absolute atomic E-state index is 12.6. The number of hydrogen-bond acceptors (Lipinski definition) is 8. The summed E-state index contributed by atoms with van der Waals surface area (Å²) in [6.07, 6.45) is -3.66. The van der Waals surface area contributed by atoms with E-state index in [4.69, 9.17) is 4.42 Å². The SMILES string of the molecule is CCc1oc(SCc2cc(N3CCS(=O)(=O)CC3)cc(NCC(F)(F)F)n2)nc1C. The number of oxazole rings is 1. The minimum atomic E-state index is -4.38. The summed E-state index contributed by atoms with van der Waals surface area (Å²) in [6.45, 7) is 3.19. The first-order valence-corrected chi connectivity index (χ1v) is 12.2. The summed E-state index contributed by atoms with van der Waals surface area (Å²) >= 11 is 1.31. The molecule has 3 heterocycles. The average molecular weight is 465 g/mol. The summed E-state index contributed by atoms with van der Waals surface area (Å²) in [5.41, 5.74) is 1.99. The molecule has 0 spiro atoms. The molecule has 30 heavy (non-hydrogen) atoms. The Labute approximate surface area is 177 Å². The number of nitrogens with zero attached hydrogens (tertiary/aromatic N) is 3. The van der Waals surface area contributed by atoms with E-state index in [0.29, 0.717) is 22.4 Å². The fourth-order valence-corrected chi connectivity index (χ4v) is 4.99. The molecule has 2 aromatic heterocycles.